The molecule has 0 fully saturated rings. The normalized spacial score (nSPS) is 14.2. The van der Waals surface area contributed by atoms with Crippen LogP contribution in [0.1, 0.15) is 49.4 Å². The van der Waals surface area contributed by atoms with Crippen molar-refractivity contribution >= 4 is 17.9 Å². The average Bonchev–Trinajstić information content (AvgIpc) is 2.95. The van der Waals surface area contributed by atoms with E-state index in [1.165, 1.54) is 12.7 Å². The minimum Gasteiger partial charge on any atom is -0.467 e. The van der Waals surface area contributed by atoms with Crippen molar-refractivity contribution in [3.8, 4) is 0 Å². The molecule has 9 heteroatoms. The highest BCUT2D eigenvalue weighted by molar-refractivity contribution is 5.81. The van der Waals surface area contributed by atoms with Crippen LogP contribution in [0.3, 0.4) is 0 Å². The lowest BCUT2D eigenvalue weighted by atomic mass is 10.1. The number of rotatable bonds is 15. The fraction of sp³-hybridized carbons (Fsp3) is 0.552. The maximum absolute atomic E-state index is 12.4. The summed E-state index contributed by atoms with van der Waals surface area (Å²) in [4.78, 5) is 31.8. The van der Waals surface area contributed by atoms with Gasteiger partial charge in [0.05, 0.1) is 13.2 Å². The number of esters is 1. The van der Waals surface area contributed by atoms with Crippen molar-refractivity contribution in [1.82, 2.24) is 15.2 Å². The van der Waals surface area contributed by atoms with Gasteiger partial charge in [0.25, 0.3) is 0 Å². The predicted octanol–water partition coefficient (Wildman–Crippen LogP) is 3.96. The predicted molar refractivity (Wildman–Crippen MR) is 147 cm³/mol. The highest BCUT2D eigenvalue weighted by Gasteiger charge is 2.23. The number of fused-ring (bicyclic) bond motifs is 1. The number of unbranched alkanes of at least 4 members (excludes halogenated alkanes) is 1. The summed E-state index contributed by atoms with van der Waals surface area (Å²) in [5.41, 5.74) is 3.29. The highest BCUT2D eigenvalue weighted by Crippen LogP contribution is 2.20. The number of hydrogen-bond acceptors (Lipinski definition) is 8. The van der Waals surface area contributed by atoms with Gasteiger partial charge in [-0.15, -0.1) is 0 Å². The zero-order valence-electron chi connectivity index (χ0n) is 22.9. The minimum absolute atomic E-state index is 0.0451. The number of anilines is 1. The van der Waals surface area contributed by atoms with Gasteiger partial charge in [-0.1, -0.05) is 36.4 Å². The molecule has 1 aliphatic rings. The summed E-state index contributed by atoms with van der Waals surface area (Å²) in [6.07, 6.45) is 4.96. The van der Waals surface area contributed by atoms with Crippen LogP contribution >= 0.6 is 0 Å². The monoisotopic (exact) mass is 526 g/mol. The van der Waals surface area contributed by atoms with Gasteiger partial charge in [-0.3, -0.25) is 0 Å². The van der Waals surface area contributed by atoms with Crippen LogP contribution < -0.4 is 10.6 Å². The quantitative estimate of drug-likeness (QED) is 0.266. The second-order valence-electron chi connectivity index (χ2n) is 9.72. The molecule has 0 saturated carbocycles. The van der Waals surface area contributed by atoms with Crippen LogP contribution in [0, 0.1) is 0 Å². The average molecular weight is 527 g/mol. The molecule has 1 aromatic heterocycles. The molecule has 38 heavy (non-hydrogen) atoms. The second-order valence-corrected chi connectivity index (χ2v) is 9.72. The number of benzene rings is 1. The molecule has 3 rings (SSSR count). The lowest BCUT2D eigenvalue weighted by Gasteiger charge is -2.27. The number of nitrogens with zero attached hydrogens (tertiary/aromatic N) is 2. The Morgan fingerprint density at radius 1 is 1.11 bits per heavy atom. The fourth-order valence-corrected chi connectivity index (χ4v) is 4.49. The Labute approximate surface area is 226 Å². The van der Waals surface area contributed by atoms with Crippen LogP contribution in [0.5, 0.6) is 0 Å². The van der Waals surface area contributed by atoms with E-state index in [2.05, 4.69) is 27.7 Å². The molecular weight excluding hydrogens is 484 g/mol. The molecule has 9 nitrogen and oxygen atoms in total. The van der Waals surface area contributed by atoms with E-state index in [0.29, 0.717) is 13.0 Å². The van der Waals surface area contributed by atoms with Gasteiger partial charge in [-0.2, -0.15) is 0 Å². The van der Waals surface area contributed by atoms with E-state index in [-0.39, 0.29) is 12.7 Å². The van der Waals surface area contributed by atoms with E-state index in [9.17, 15) is 9.59 Å². The summed E-state index contributed by atoms with van der Waals surface area (Å²) in [5.74, 6) is 0.543. The van der Waals surface area contributed by atoms with Gasteiger partial charge >= 0.3 is 12.1 Å². The number of amides is 1. The molecule has 2 atom stereocenters. The van der Waals surface area contributed by atoms with Crippen LogP contribution in [0.4, 0.5) is 10.6 Å². The van der Waals surface area contributed by atoms with Gasteiger partial charge < -0.3 is 29.7 Å². The van der Waals surface area contributed by atoms with Crippen molar-refractivity contribution in [2.75, 3.05) is 45.7 Å². The number of hydrogen-bond donors (Lipinski definition) is 2. The van der Waals surface area contributed by atoms with Crippen LogP contribution in [-0.4, -0.2) is 74.5 Å². The molecule has 1 aromatic carbocycles. The smallest absolute Gasteiger partial charge is 0.408 e. The van der Waals surface area contributed by atoms with Crippen molar-refractivity contribution in [3.05, 3.63) is 59.3 Å². The van der Waals surface area contributed by atoms with Crippen LogP contribution in [0.2, 0.25) is 0 Å². The van der Waals surface area contributed by atoms with Crippen LogP contribution in [0.25, 0.3) is 0 Å². The molecule has 0 spiro atoms. The third-order valence-electron chi connectivity index (χ3n) is 6.75. The van der Waals surface area contributed by atoms with E-state index < -0.39 is 18.1 Å². The molecule has 1 amide bonds. The zero-order valence-corrected chi connectivity index (χ0v) is 22.9. The topological polar surface area (TPSA) is 102 Å². The Hall–Kier alpha value is -3.17. The van der Waals surface area contributed by atoms with Crippen LogP contribution in [0.15, 0.2) is 42.5 Å². The Kier molecular flexibility index (Phi) is 12.3. The summed E-state index contributed by atoms with van der Waals surface area (Å²) < 4.78 is 15.7. The maximum Gasteiger partial charge on any atom is 0.408 e. The molecule has 1 aliphatic heterocycles. The molecule has 0 unspecified atom stereocenters. The van der Waals surface area contributed by atoms with Crippen molar-refractivity contribution in [2.24, 2.45) is 0 Å². The Balaban J connectivity index is 1.48. The molecule has 0 bridgehead atoms. The van der Waals surface area contributed by atoms with Gasteiger partial charge in [-0.05, 0) is 69.2 Å². The van der Waals surface area contributed by atoms with Gasteiger partial charge in [0.15, 0.2) is 0 Å². The minimum atomic E-state index is -0.796. The molecule has 208 valence electrons. The van der Waals surface area contributed by atoms with E-state index in [0.717, 1.165) is 68.8 Å². The number of aryl methyl sites for hydroxylation is 2. The Morgan fingerprint density at radius 3 is 2.68 bits per heavy atom. The van der Waals surface area contributed by atoms with Gasteiger partial charge in [-0.25, -0.2) is 14.6 Å². The number of carbonyl (C=O) groups is 2. The lowest BCUT2D eigenvalue weighted by molar-refractivity contribution is -0.143. The molecule has 0 aliphatic carbocycles. The summed E-state index contributed by atoms with van der Waals surface area (Å²) >= 11 is 0. The van der Waals surface area contributed by atoms with Crippen LogP contribution in [-0.2, 0) is 38.5 Å². The number of pyridine rings is 1. The third-order valence-corrected chi connectivity index (χ3v) is 6.75. The summed E-state index contributed by atoms with van der Waals surface area (Å²) in [6, 6.07) is 12.9. The van der Waals surface area contributed by atoms with E-state index in [4.69, 9.17) is 19.2 Å². The number of carbonyl (C=O) groups excluding carboxylic acids is 2. The first-order valence-electron chi connectivity index (χ1n) is 13.5. The van der Waals surface area contributed by atoms with E-state index >= 15 is 0 Å². The molecule has 0 saturated heterocycles. The number of ether oxygens (including phenoxy) is 3. The second kappa shape index (κ2) is 15.9. The molecule has 0 radical (unpaired) electrons. The lowest BCUT2D eigenvalue weighted by Crippen LogP contribution is -2.44. The van der Waals surface area contributed by atoms with E-state index in [1.54, 1.807) is 7.11 Å². The first-order chi connectivity index (χ1) is 18.5. The molecular formula is C29H42N4O5. The van der Waals surface area contributed by atoms with Crippen molar-refractivity contribution in [2.45, 2.75) is 64.2 Å². The number of alkyl carbamates (subject to hydrolysis) is 1. The molecule has 2 heterocycles. The molecule has 2 N–H and O–H groups in total. The van der Waals surface area contributed by atoms with Gasteiger partial charge in [0.1, 0.15) is 18.5 Å². The standard InChI is InChI=1S/C29H42N4O5/c1-22(36-2)20-33(18-8-7-13-25-15-14-24-12-9-17-30-27(24)31-25)19-16-26(28(34)37-3)32-29(35)38-21-23-10-5-4-6-11-23/h4-6,10-11,14-15,22,26H,7-9,12-13,16-21H2,1-3H3,(H,30,31)(H,32,35)/t22-,26+/m1/s1. The van der Waals surface area contributed by atoms with E-state index in [1.807, 2.05) is 37.3 Å². The van der Waals surface area contributed by atoms with Crippen molar-refractivity contribution in [3.63, 3.8) is 0 Å². The first kappa shape index (κ1) is 29.4. The molecule has 2 aromatic rings. The first-order valence-corrected chi connectivity index (χ1v) is 13.5. The zero-order chi connectivity index (χ0) is 27.2. The van der Waals surface area contributed by atoms with Gasteiger partial charge in [0, 0.05) is 32.4 Å². The summed E-state index contributed by atoms with van der Waals surface area (Å²) in [7, 11) is 3.02. The summed E-state index contributed by atoms with van der Waals surface area (Å²) in [6.45, 7) is 5.32. The van der Waals surface area contributed by atoms with Crippen molar-refractivity contribution in [1.29, 1.82) is 0 Å². The largest absolute Gasteiger partial charge is 0.467 e. The third kappa shape index (κ3) is 9.95. The number of nitrogens with one attached hydrogen (secondary N) is 2. The summed E-state index contributed by atoms with van der Waals surface area (Å²) in [5, 5.41) is 6.07. The fourth-order valence-electron chi connectivity index (χ4n) is 4.49. The Morgan fingerprint density at radius 2 is 1.92 bits per heavy atom. The number of aromatic nitrogens is 1. The SMILES string of the molecule is COC(=O)[C@H](CCN(CCCCc1ccc2c(n1)NCCC2)C[C@@H](C)OC)NC(=O)OCc1ccccc1. The highest BCUT2D eigenvalue weighted by atomic mass is 16.6. The van der Waals surface area contributed by atoms with Crippen molar-refractivity contribution < 1.29 is 23.8 Å². The van der Waals surface area contributed by atoms with Gasteiger partial charge in [0.2, 0.25) is 0 Å². The Bertz CT molecular complexity index is 1000. The number of methoxy groups -OCH3 is 2. The maximum atomic E-state index is 12.4.